The predicted octanol–water partition coefficient (Wildman–Crippen LogP) is 4.29. The zero-order valence-electron chi connectivity index (χ0n) is 13.2. The van der Waals surface area contributed by atoms with Gasteiger partial charge in [-0.3, -0.25) is 9.78 Å². The molecule has 1 aromatic carbocycles. The van der Waals surface area contributed by atoms with Crippen LogP contribution in [0.1, 0.15) is 17.9 Å². The van der Waals surface area contributed by atoms with Crippen molar-refractivity contribution in [2.45, 2.75) is 19.4 Å². The summed E-state index contributed by atoms with van der Waals surface area (Å²) >= 11 is 12.0. The van der Waals surface area contributed by atoms with Crippen molar-refractivity contribution >= 4 is 29.1 Å². The third-order valence-electron chi connectivity index (χ3n) is 3.53. The average Bonchev–Trinajstić information content (AvgIpc) is 3.08. The van der Waals surface area contributed by atoms with Crippen molar-refractivity contribution in [3.8, 4) is 11.3 Å². The summed E-state index contributed by atoms with van der Waals surface area (Å²) in [5, 5.41) is 3.88. The van der Waals surface area contributed by atoms with Crippen LogP contribution in [0.3, 0.4) is 0 Å². The molecule has 1 amide bonds. The zero-order chi connectivity index (χ0) is 17.6. The Hall–Kier alpha value is -2.37. The maximum Gasteiger partial charge on any atom is 0.220 e. The average molecular weight is 376 g/mol. The molecular weight excluding hydrogens is 361 g/mol. The molecule has 0 aliphatic heterocycles. The van der Waals surface area contributed by atoms with Gasteiger partial charge in [0.1, 0.15) is 0 Å². The first-order chi connectivity index (χ1) is 12.1. The number of pyridine rings is 1. The van der Waals surface area contributed by atoms with Gasteiger partial charge in [-0.1, -0.05) is 29.3 Å². The van der Waals surface area contributed by atoms with Gasteiger partial charge in [0.05, 0.1) is 11.2 Å². The fraction of sp³-hybridized carbons (Fsp3) is 0.167. The summed E-state index contributed by atoms with van der Waals surface area (Å²) in [4.78, 5) is 20.1. The predicted molar refractivity (Wildman–Crippen MR) is 96.4 cm³/mol. The van der Waals surface area contributed by atoms with Gasteiger partial charge in [-0.2, -0.15) is 0 Å². The lowest BCUT2D eigenvalue weighted by Gasteiger charge is -2.04. The number of aryl methyl sites for hydroxylation is 1. The van der Waals surface area contributed by atoms with E-state index in [0.717, 1.165) is 5.56 Å². The molecule has 0 radical (unpaired) electrons. The van der Waals surface area contributed by atoms with E-state index >= 15 is 0 Å². The Morgan fingerprint density at radius 1 is 1.20 bits per heavy atom. The molecule has 2 heterocycles. The Kier molecular flexibility index (Phi) is 5.68. The fourth-order valence-electron chi connectivity index (χ4n) is 2.25. The Bertz CT molecular complexity index is 866. The largest absolute Gasteiger partial charge is 0.441 e. The van der Waals surface area contributed by atoms with E-state index in [-0.39, 0.29) is 12.3 Å². The van der Waals surface area contributed by atoms with Crippen molar-refractivity contribution in [1.82, 2.24) is 15.3 Å². The van der Waals surface area contributed by atoms with E-state index in [0.29, 0.717) is 40.2 Å². The van der Waals surface area contributed by atoms with E-state index in [1.165, 1.54) is 0 Å². The number of halogens is 2. The first-order valence-corrected chi connectivity index (χ1v) is 8.43. The minimum absolute atomic E-state index is 0.0758. The molecule has 5 nitrogen and oxygen atoms in total. The number of benzene rings is 1. The number of nitrogens with zero attached hydrogens (tertiary/aromatic N) is 2. The van der Waals surface area contributed by atoms with Gasteiger partial charge < -0.3 is 9.73 Å². The van der Waals surface area contributed by atoms with Gasteiger partial charge >= 0.3 is 0 Å². The van der Waals surface area contributed by atoms with Crippen LogP contribution in [0.25, 0.3) is 11.3 Å². The van der Waals surface area contributed by atoms with Gasteiger partial charge in [-0.15, -0.1) is 0 Å². The van der Waals surface area contributed by atoms with Crippen molar-refractivity contribution in [1.29, 1.82) is 0 Å². The molecule has 0 saturated heterocycles. The number of nitrogens with one attached hydrogen (secondary N) is 1. The van der Waals surface area contributed by atoms with Gasteiger partial charge in [-0.25, -0.2) is 4.98 Å². The number of oxazole rings is 1. The molecule has 0 atom stereocenters. The maximum atomic E-state index is 11.9. The van der Waals surface area contributed by atoms with E-state index in [1.54, 1.807) is 36.8 Å². The standard InChI is InChI=1S/C18H15Cl2N3O2/c19-13-3-4-14(15(20)8-13)16-11-23-18(25-16)6-5-17(24)22-10-12-2-1-7-21-9-12/h1-4,7-9,11H,5-6,10H2,(H,22,24). The second-order valence-electron chi connectivity index (χ2n) is 5.38. The van der Waals surface area contributed by atoms with E-state index in [2.05, 4.69) is 15.3 Å². The SMILES string of the molecule is O=C(CCc1ncc(-c2ccc(Cl)cc2Cl)o1)NCc1cccnc1. The zero-order valence-corrected chi connectivity index (χ0v) is 14.7. The van der Waals surface area contributed by atoms with E-state index in [1.807, 2.05) is 12.1 Å². The molecule has 0 unspecified atom stereocenters. The smallest absolute Gasteiger partial charge is 0.220 e. The third kappa shape index (κ3) is 4.81. The lowest BCUT2D eigenvalue weighted by atomic mass is 10.2. The molecule has 0 saturated carbocycles. The number of aromatic nitrogens is 2. The number of carbonyl (C=O) groups is 1. The Labute approximate surface area is 155 Å². The quantitative estimate of drug-likeness (QED) is 0.697. The molecule has 3 aromatic rings. The van der Waals surface area contributed by atoms with Crippen molar-refractivity contribution < 1.29 is 9.21 Å². The summed E-state index contributed by atoms with van der Waals surface area (Å²) in [6, 6.07) is 8.89. The summed E-state index contributed by atoms with van der Waals surface area (Å²) in [6.07, 6.45) is 5.70. The topological polar surface area (TPSA) is 68.0 Å². The minimum atomic E-state index is -0.0758. The molecule has 0 spiro atoms. The van der Waals surface area contributed by atoms with Crippen molar-refractivity contribution in [2.24, 2.45) is 0 Å². The van der Waals surface area contributed by atoms with Crippen LogP contribution in [0.2, 0.25) is 10.0 Å². The highest BCUT2D eigenvalue weighted by Crippen LogP contribution is 2.30. The highest BCUT2D eigenvalue weighted by atomic mass is 35.5. The normalized spacial score (nSPS) is 10.6. The summed E-state index contributed by atoms with van der Waals surface area (Å²) in [5.41, 5.74) is 1.66. The van der Waals surface area contributed by atoms with Crippen LogP contribution >= 0.6 is 23.2 Å². The summed E-state index contributed by atoms with van der Waals surface area (Å²) in [7, 11) is 0. The summed E-state index contributed by atoms with van der Waals surface area (Å²) in [5.74, 6) is 0.957. The van der Waals surface area contributed by atoms with Gasteiger partial charge in [0.15, 0.2) is 11.7 Å². The van der Waals surface area contributed by atoms with Crippen molar-refractivity contribution in [3.05, 3.63) is 70.4 Å². The van der Waals surface area contributed by atoms with Crippen molar-refractivity contribution in [2.75, 3.05) is 0 Å². The molecule has 2 aromatic heterocycles. The molecule has 3 rings (SSSR count). The highest BCUT2D eigenvalue weighted by molar-refractivity contribution is 6.36. The van der Waals surface area contributed by atoms with Crippen LogP contribution in [0.4, 0.5) is 0 Å². The molecule has 25 heavy (non-hydrogen) atoms. The monoisotopic (exact) mass is 375 g/mol. The van der Waals surface area contributed by atoms with Gasteiger partial charge in [-0.05, 0) is 29.8 Å². The number of rotatable bonds is 6. The van der Waals surface area contributed by atoms with Gasteiger partial charge in [0.25, 0.3) is 0 Å². The third-order valence-corrected chi connectivity index (χ3v) is 4.08. The molecule has 0 aliphatic carbocycles. The Morgan fingerprint density at radius 3 is 2.84 bits per heavy atom. The first kappa shape index (κ1) is 17.5. The maximum absolute atomic E-state index is 11.9. The Morgan fingerprint density at radius 2 is 2.08 bits per heavy atom. The summed E-state index contributed by atoms with van der Waals surface area (Å²) < 4.78 is 5.67. The van der Waals surface area contributed by atoms with Crippen LogP contribution in [-0.4, -0.2) is 15.9 Å². The molecule has 0 fully saturated rings. The number of carbonyl (C=O) groups excluding carboxylic acids is 1. The number of hydrogen-bond donors (Lipinski definition) is 1. The molecule has 0 aliphatic rings. The van der Waals surface area contributed by atoms with Gasteiger partial charge in [0.2, 0.25) is 5.91 Å². The van der Waals surface area contributed by atoms with E-state index in [4.69, 9.17) is 27.6 Å². The number of hydrogen-bond acceptors (Lipinski definition) is 4. The van der Waals surface area contributed by atoms with E-state index < -0.39 is 0 Å². The van der Waals surface area contributed by atoms with E-state index in [9.17, 15) is 4.79 Å². The van der Waals surface area contributed by atoms with Crippen LogP contribution < -0.4 is 5.32 Å². The summed E-state index contributed by atoms with van der Waals surface area (Å²) in [6.45, 7) is 0.448. The second-order valence-corrected chi connectivity index (χ2v) is 6.22. The molecular formula is C18H15Cl2N3O2. The molecule has 1 N–H and O–H groups in total. The Balaban J connectivity index is 1.54. The first-order valence-electron chi connectivity index (χ1n) is 7.67. The van der Waals surface area contributed by atoms with Gasteiger partial charge in [0, 0.05) is 42.4 Å². The minimum Gasteiger partial charge on any atom is -0.441 e. The lowest BCUT2D eigenvalue weighted by molar-refractivity contribution is -0.121. The highest BCUT2D eigenvalue weighted by Gasteiger charge is 2.11. The van der Waals surface area contributed by atoms with Crippen LogP contribution in [0.5, 0.6) is 0 Å². The molecule has 7 heteroatoms. The second kappa shape index (κ2) is 8.14. The van der Waals surface area contributed by atoms with Crippen LogP contribution in [0, 0.1) is 0 Å². The van der Waals surface area contributed by atoms with Crippen LogP contribution in [0.15, 0.2) is 53.3 Å². The molecule has 128 valence electrons. The lowest BCUT2D eigenvalue weighted by Crippen LogP contribution is -2.23. The number of amides is 1. The molecule has 0 bridgehead atoms. The van der Waals surface area contributed by atoms with Crippen LogP contribution in [-0.2, 0) is 17.8 Å². The fourth-order valence-corrected chi connectivity index (χ4v) is 2.75. The van der Waals surface area contributed by atoms with Crippen molar-refractivity contribution in [3.63, 3.8) is 0 Å².